The number of rotatable bonds is 2. The van der Waals surface area contributed by atoms with E-state index >= 15 is 0 Å². The van der Waals surface area contributed by atoms with Gasteiger partial charge in [0.1, 0.15) is 0 Å². The number of hydrogen-bond donors (Lipinski definition) is 1. The van der Waals surface area contributed by atoms with E-state index in [-0.39, 0.29) is 0 Å². The average Bonchev–Trinajstić information content (AvgIpc) is 2.96. The van der Waals surface area contributed by atoms with Gasteiger partial charge in [-0.25, -0.2) is 0 Å². The zero-order valence-electron chi connectivity index (χ0n) is 9.30. The van der Waals surface area contributed by atoms with Crippen LogP contribution in [0.15, 0.2) is 21.8 Å². The van der Waals surface area contributed by atoms with Crippen LogP contribution >= 0.6 is 11.3 Å². The minimum atomic E-state index is 0.398. The van der Waals surface area contributed by atoms with Crippen LogP contribution in [0.3, 0.4) is 0 Å². The Hall–Kier alpha value is -1.03. The Labute approximate surface area is 100.0 Å². The largest absolute Gasteiger partial charge is 0.370 e. The van der Waals surface area contributed by atoms with Crippen LogP contribution in [0.2, 0.25) is 0 Å². The van der Waals surface area contributed by atoms with Crippen molar-refractivity contribution >= 4 is 17.3 Å². The molecule has 1 unspecified atom stereocenters. The summed E-state index contributed by atoms with van der Waals surface area (Å²) in [5.74, 6) is 0.753. The lowest BCUT2D eigenvalue weighted by atomic mass is 10.1. The fraction of sp³-hybridized carbons (Fsp3) is 0.583. The Kier molecular flexibility index (Phi) is 2.59. The van der Waals surface area contributed by atoms with Gasteiger partial charge in [-0.2, -0.15) is 11.3 Å². The first-order valence-electron chi connectivity index (χ1n) is 5.96. The van der Waals surface area contributed by atoms with Crippen LogP contribution in [0.25, 0.3) is 0 Å². The van der Waals surface area contributed by atoms with E-state index in [9.17, 15) is 0 Å². The SMILES string of the molecule is NC1=NCC(c2ccsc2)N1C1CCCC1. The van der Waals surface area contributed by atoms with Crippen LogP contribution in [0.5, 0.6) is 0 Å². The third-order valence-electron chi connectivity index (χ3n) is 3.67. The fourth-order valence-corrected chi connectivity index (χ4v) is 3.57. The molecule has 0 aromatic carbocycles. The van der Waals surface area contributed by atoms with Crippen molar-refractivity contribution in [2.75, 3.05) is 6.54 Å². The summed E-state index contributed by atoms with van der Waals surface area (Å²) in [7, 11) is 0. The maximum atomic E-state index is 6.03. The number of nitrogens with zero attached hydrogens (tertiary/aromatic N) is 2. The first-order chi connectivity index (χ1) is 7.86. The van der Waals surface area contributed by atoms with Gasteiger partial charge in [-0.1, -0.05) is 12.8 Å². The van der Waals surface area contributed by atoms with Gasteiger partial charge in [-0.3, -0.25) is 4.99 Å². The van der Waals surface area contributed by atoms with Gasteiger partial charge >= 0.3 is 0 Å². The third kappa shape index (κ3) is 1.61. The molecule has 1 fully saturated rings. The van der Waals surface area contributed by atoms with Gasteiger partial charge in [0.05, 0.1) is 12.6 Å². The van der Waals surface area contributed by atoms with E-state index in [2.05, 4.69) is 26.7 Å². The Morgan fingerprint density at radius 2 is 2.19 bits per heavy atom. The quantitative estimate of drug-likeness (QED) is 0.855. The molecular formula is C12H17N3S. The molecule has 2 aliphatic rings. The summed E-state index contributed by atoms with van der Waals surface area (Å²) >= 11 is 1.75. The summed E-state index contributed by atoms with van der Waals surface area (Å²) in [6.45, 7) is 0.832. The molecule has 3 nitrogen and oxygen atoms in total. The standard InChI is InChI=1S/C12H17N3S/c13-12-14-7-11(9-5-6-16-8-9)15(12)10-3-1-2-4-10/h5-6,8,10-11H,1-4,7H2,(H2,13,14). The predicted molar refractivity (Wildman–Crippen MR) is 67.6 cm³/mol. The monoisotopic (exact) mass is 235 g/mol. The molecular weight excluding hydrogens is 218 g/mol. The summed E-state index contributed by atoms with van der Waals surface area (Å²) in [6, 6.07) is 3.22. The Balaban J connectivity index is 1.84. The van der Waals surface area contributed by atoms with Crippen molar-refractivity contribution in [3.05, 3.63) is 22.4 Å². The van der Waals surface area contributed by atoms with Crippen molar-refractivity contribution in [1.29, 1.82) is 0 Å². The minimum Gasteiger partial charge on any atom is -0.370 e. The van der Waals surface area contributed by atoms with E-state index in [0.717, 1.165) is 12.5 Å². The zero-order chi connectivity index (χ0) is 11.0. The molecule has 0 spiro atoms. The van der Waals surface area contributed by atoms with Gasteiger partial charge in [0.15, 0.2) is 5.96 Å². The molecule has 0 bridgehead atoms. The summed E-state index contributed by atoms with van der Waals surface area (Å²) in [5, 5.41) is 4.36. The molecule has 1 aliphatic heterocycles. The van der Waals surface area contributed by atoms with Crippen LogP contribution in [0.4, 0.5) is 0 Å². The van der Waals surface area contributed by atoms with Crippen molar-refractivity contribution in [3.63, 3.8) is 0 Å². The molecule has 1 aromatic rings. The van der Waals surface area contributed by atoms with Gasteiger partial charge in [0, 0.05) is 6.04 Å². The van der Waals surface area contributed by atoms with Gasteiger partial charge in [0.25, 0.3) is 0 Å². The van der Waals surface area contributed by atoms with Crippen LogP contribution in [0, 0.1) is 0 Å². The molecule has 2 heterocycles. The molecule has 86 valence electrons. The lowest BCUT2D eigenvalue weighted by Crippen LogP contribution is -2.42. The van der Waals surface area contributed by atoms with Crippen LogP contribution in [-0.4, -0.2) is 23.4 Å². The van der Waals surface area contributed by atoms with Crippen molar-refractivity contribution in [2.45, 2.75) is 37.8 Å². The zero-order valence-corrected chi connectivity index (χ0v) is 10.1. The summed E-state index contributed by atoms with van der Waals surface area (Å²) < 4.78 is 0. The lowest BCUT2D eigenvalue weighted by Gasteiger charge is -2.31. The second kappa shape index (κ2) is 4.09. The first kappa shape index (κ1) is 10.1. The Morgan fingerprint density at radius 1 is 1.38 bits per heavy atom. The summed E-state index contributed by atoms with van der Waals surface area (Å²) in [4.78, 5) is 6.78. The van der Waals surface area contributed by atoms with E-state index in [4.69, 9.17) is 5.73 Å². The molecule has 0 radical (unpaired) electrons. The molecule has 16 heavy (non-hydrogen) atoms. The van der Waals surface area contributed by atoms with E-state index in [1.54, 1.807) is 11.3 Å². The van der Waals surface area contributed by atoms with E-state index in [0.29, 0.717) is 12.1 Å². The van der Waals surface area contributed by atoms with E-state index in [1.165, 1.54) is 31.2 Å². The highest BCUT2D eigenvalue weighted by atomic mass is 32.1. The highest BCUT2D eigenvalue weighted by Crippen LogP contribution is 2.34. The molecule has 1 saturated carbocycles. The van der Waals surface area contributed by atoms with Crippen molar-refractivity contribution in [2.24, 2.45) is 10.7 Å². The normalized spacial score (nSPS) is 26.4. The van der Waals surface area contributed by atoms with E-state index < -0.39 is 0 Å². The first-order valence-corrected chi connectivity index (χ1v) is 6.91. The molecule has 1 aliphatic carbocycles. The van der Waals surface area contributed by atoms with Gasteiger partial charge in [0.2, 0.25) is 0 Å². The number of guanidine groups is 1. The molecule has 0 amide bonds. The number of nitrogens with two attached hydrogens (primary N) is 1. The fourth-order valence-electron chi connectivity index (χ4n) is 2.86. The maximum Gasteiger partial charge on any atom is 0.192 e. The topological polar surface area (TPSA) is 41.6 Å². The molecule has 0 saturated heterocycles. The van der Waals surface area contributed by atoms with Crippen molar-refractivity contribution < 1.29 is 0 Å². The molecule has 1 aromatic heterocycles. The van der Waals surface area contributed by atoms with Crippen LogP contribution in [0.1, 0.15) is 37.3 Å². The van der Waals surface area contributed by atoms with Gasteiger partial charge < -0.3 is 10.6 Å². The minimum absolute atomic E-state index is 0.398. The van der Waals surface area contributed by atoms with E-state index in [1.807, 2.05) is 0 Å². The molecule has 2 N–H and O–H groups in total. The predicted octanol–water partition coefficient (Wildman–Crippen LogP) is 2.36. The lowest BCUT2D eigenvalue weighted by molar-refractivity contribution is 0.262. The summed E-state index contributed by atoms with van der Waals surface area (Å²) in [6.07, 6.45) is 5.23. The van der Waals surface area contributed by atoms with Crippen LogP contribution < -0.4 is 5.73 Å². The molecule has 1 atom stereocenters. The average molecular weight is 235 g/mol. The smallest absolute Gasteiger partial charge is 0.192 e. The number of hydrogen-bond acceptors (Lipinski definition) is 4. The van der Waals surface area contributed by atoms with Crippen molar-refractivity contribution in [1.82, 2.24) is 4.90 Å². The third-order valence-corrected chi connectivity index (χ3v) is 4.37. The van der Waals surface area contributed by atoms with Crippen molar-refractivity contribution in [3.8, 4) is 0 Å². The second-order valence-corrected chi connectivity index (χ2v) is 5.40. The van der Waals surface area contributed by atoms with Gasteiger partial charge in [-0.15, -0.1) is 0 Å². The second-order valence-electron chi connectivity index (χ2n) is 4.62. The summed E-state index contributed by atoms with van der Waals surface area (Å²) in [5.41, 5.74) is 7.41. The number of thiophene rings is 1. The highest BCUT2D eigenvalue weighted by molar-refractivity contribution is 7.07. The van der Waals surface area contributed by atoms with Crippen LogP contribution in [-0.2, 0) is 0 Å². The number of aliphatic imine (C=N–C) groups is 1. The maximum absolute atomic E-state index is 6.03. The molecule has 3 rings (SSSR count). The molecule has 4 heteroatoms. The highest BCUT2D eigenvalue weighted by Gasteiger charge is 2.34. The Bertz CT molecular complexity index is 379. The van der Waals surface area contributed by atoms with Gasteiger partial charge in [-0.05, 0) is 35.2 Å². The Morgan fingerprint density at radius 3 is 2.88 bits per heavy atom.